The van der Waals surface area contributed by atoms with E-state index in [4.69, 9.17) is 0 Å². The van der Waals surface area contributed by atoms with Crippen LogP contribution in [0, 0.1) is 6.92 Å². The molecule has 1 aliphatic heterocycles. The molecule has 38 heavy (non-hydrogen) atoms. The number of amides is 4. The fourth-order valence-electron chi connectivity index (χ4n) is 4.38. The van der Waals surface area contributed by atoms with E-state index in [0.717, 1.165) is 0 Å². The van der Waals surface area contributed by atoms with Gasteiger partial charge in [-0.25, -0.2) is 9.78 Å². The number of fused-ring (bicyclic) bond motifs is 1. The van der Waals surface area contributed by atoms with Gasteiger partial charge in [0.05, 0.1) is 10.9 Å². The van der Waals surface area contributed by atoms with Gasteiger partial charge in [0.2, 0.25) is 5.91 Å². The Morgan fingerprint density at radius 1 is 1.16 bits per heavy atom. The van der Waals surface area contributed by atoms with E-state index in [1.165, 1.54) is 28.8 Å². The Kier molecular flexibility index (Phi) is 7.49. The molecule has 1 saturated heterocycles. The summed E-state index contributed by atoms with van der Waals surface area (Å²) in [6.45, 7) is 3.27. The number of aromatic nitrogens is 2. The van der Waals surface area contributed by atoms with Gasteiger partial charge in [-0.3, -0.25) is 24.3 Å². The van der Waals surface area contributed by atoms with Crippen molar-refractivity contribution < 1.29 is 27.6 Å². The summed E-state index contributed by atoms with van der Waals surface area (Å²) in [5, 5.41) is 7.76. The van der Waals surface area contributed by atoms with Crippen LogP contribution in [0.5, 0.6) is 0 Å². The van der Waals surface area contributed by atoms with Crippen molar-refractivity contribution in [2.45, 2.75) is 55.6 Å². The molecule has 3 aromatic rings. The number of nitrogens with zero attached hydrogens (tertiary/aromatic N) is 2. The summed E-state index contributed by atoms with van der Waals surface area (Å²) >= 11 is -0.248. The number of carbonyl (C=O) groups is 3. The topological polar surface area (TPSA) is 122 Å². The van der Waals surface area contributed by atoms with Gasteiger partial charge in [-0.2, -0.15) is 13.2 Å². The van der Waals surface area contributed by atoms with E-state index in [1.807, 2.05) is 0 Å². The normalized spacial score (nSPS) is 18.1. The highest BCUT2D eigenvalue weighted by atomic mass is 32.2. The van der Waals surface area contributed by atoms with Gasteiger partial charge in [-0.1, -0.05) is 6.07 Å². The molecule has 1 unspecified atom stereocenters. The molecule has 4 rings (SSSR count). The van der Waals surface area contributed by atoms with Gasteiger partial charge in [0.1, 0.15) is 11.4 Å². The number of thioether (sulfide) groups is 1. The van der Waals surface area contributed by atoms with Crippen LogP contribution in [-0.2, 0) is 21.7 Å². The fraction of sp³-hybridized carbons (Fsp3) is 0.320. The van der Waals surface area contributed by atoms with Gasteiger partial charge in [0.15, 0.2) is 0 Å². The first-order valence-electron chi connectivity index (χ1n) is 11.6. The number of halogens is 3. The molecular formula is C25H24F3N5O4S. The number of rotatable bonds is 5. The Balaban J connectivity index is 1.51. The molecule has 0 saturated carbocycles. The summed E-state index contributed by atoms with van der Waals surface area (Å²) in [4.78, 5) is 55.0. The standard InChI is InChI=1S/C25H24F3N5O4S/c1-14-30-19-10-5-15(13-29-23(37)31-16-6-8-17(9-7-16)38-25(26,27)28)12-18(19)21(35)33(14)24(2)11-3-4-20(34)32-22(24)36/h5-10,12H,3-4,11,13H2,1-2H3,(H2,29,31,37)(H,32,34,36). The SMILES string of the molecule is Cc1nc2ccc(CNC(=O)Nc3ccc(SC(F)(F)F)cc3)cc2c(=O)n1C1(C)CCCC(=O)NC1=O. The molecule has 1 fully saturated rings. The third-order valence-electron chi connectivity index (χ3n) is 6.20. The number of aryl methyl sites for hydroxylation is 1. The quantitative estimate of drug-likeness (QED) is 0.326. The second kappa shape index (κ2) is 10.5. The Morgan fingerprint density at radius 2 is 1.87 bits per heavy atom. The van der Waals surface area contributed by atoms with Crippen molar-refractivity contribution in [1.82, 2.24) is 20.2 Å². The summed E-state index contributed by atoms with van der Waals surface area (Å²) in [6, 6.07) is 9.54. The molecule has 1 aliphatic rings. The molecule has 0 spiro atoms. The lowest BCUT2D eigenvalue weighted by molar-refractivity contribution is -0.134. The van der Waals surface area contributed by atoms with E-state index in [1.54, 1.807) is 32.0 Å². The summed E-state index contributed by atoms with van der Waals surface area (Å²) in [7, 11) is 0. The lowest BCUT2D eigenvalue weighted by Crippen LogP contribution is -2.51. The van der Waals surface area contributed by atoms with E-state index in [2.05, 4.69) is 20.9 Å². The number of alkyl halides is 3. The predicted octanol–water partition coefficient (Wildman–Crippen LogP) is 4.18. The van der Waals surface area contributed by atoms with Crippen LogP contribution in [0.2, 0.25) is 0 Å². The van der Waals surface area contributed by atoms with Gasteiger partial charge >= 0.3 is 11.5 Å². The molecule has 13 heteroatoms. The van der Waals surface area contributed by atoms with E-state index < -0.39 is 28.5 Å². The van der Waals surface area contributed by atoms with E-state index >= 15 is 0 Å². The molecule has 9 nitrogen and oxygen atoms in total. The minimum atomic E-state index is -4.40. The smallest absolute Gasteiger partial charge is 0.334 e. The van der Waals surface area contributed by atoms with Crippen molar-refractivity contribution in [2.75, 3.05) is 5.32 Å². The Bertz CT molecular complexity index is 1470. The van der Waals surface area contributed by atoms with Crippen LogP contribution in [-0.4, -0.2) is 32.9 Å². The van der Waals surface area contributed by atoms with Crippen LogP contribution < -0.4 is 21.5 Å². The van der Waals surface area contributed by atoms with E-state index in [-0.39, 0.29) is 47.3 Å². The first-order valence-corrected chi connectivity index (χ1v) is 12.4. The first kappa shape index (κ1) is 27.2. The molecule has 200 valence electrons. The largest absolute Gasteiger partial charge is 0.446 e. The van der Waals surface area contributed by atoms with Crippen molar-refractivity contribution in [1.29, 1.82) is 0 Å². The molecule has 0 bridgehead atoms. The second-order valence-electron chi connectivity index (χ2n) is 9.04. The van der Waals surface area contributed by atoms with Gasteiger partial charge in [-0.05, 0) is 80.4 Å². The summed E-state index contributed by atoms with van der Waals surface area (Å²) in [6.07, 6.45) is 0.904. The van der Waals surface area contributed by atoms with Gasteiger partial charge in [-0.15, -0.1) is 0 Å². The van der Waals surface area contributed by atoms with Gasteiger partial charge in [0.25, 0.3) is 11.5 Å². The maximum atomic E-state index is 13.5. The van der Waals surface area contributed by atoms with Crippen LogP contribution in [0.15, 0.2) is 52.2 Å². The molecular weight excluding hydrogens is 523 g/mol. The number of nitrogens with one attached hydrogen (secondary N) is 3. The maximum absolute atomic E-state index is 13.5. The minimum absolute atomic E-state index is 0.00378. The number of hydrogen-bond acceptors (Lipinski definition) is 6. The first-order chi connectivity index (χ1) is 17.9. The summed E-state index contributed by atoms with van der Waals surface area (Å²) in [5.41, 5.74) is -4.82. The summed E-state index contributed by atoms with van der Waals surface area (Å²) in [5.74, 6) is -0.619. The number of benzene rings is 2. The lowest BCUT2D eigenvalue weighted by Gasteiger charge is -2.30. The average molecular weight is 548 g/mol. The average Bonchev–Trinajstić information content (AvgIpc) is 2.95. The highest BCUT2D eigenvalue weighted by molar-refractivity contribution is 8.00. The maximum Gasteiger partial charge on any atom is 0.446 e. The number of anilines is 1. The monoisotopic (exact) mass is 547 g/mol. The van der Waals surface area contributed by atoms with Crippen LogP contribution in [0.1, 0.15) is 37.6 Å². The van der Waals surface area contributed by atoms with Crippen molar-refractivity contribution in [3.8, 4) is 0 Å². The molecule has 0 aliphatic carbocycles. The fourth-order valence-corrected chi connectivity index (χ4v) is 4.92. The minimum Gasteiger partial charge on any atom is -0.334 e. The molecule has 1 atom stereocenters. The van der Waals surface area contributed by atoms with E-state index in [9.17, 15) is 32.3 Å². The van der Waals surface area contributed by atoms with Crippen molar-refractivity contribution >= 4 is 46.2 Å². The van der Waals surface area contributed by atoms with Crippen LogP contribution in [0.4, 0.5) is 23.7 Å². The summed E-state index contributed by atoms with van der Waals surface area (Å²) < 4.78 is 38.7. The number of hydrogen-bond donors (Lipinski definition) is 3. The molecule has 3 N–H and O–H groups in total. The van der Waals surface area contributed by atoms with Gasteiger partial charge < -0.3 is 10.6 Å². The predicted molar refractivity (Wildman–Crippen MR) is 136 cm³/mol. The van der Waals surface area contributed by atoms with E-state index in [0.29, 0.717) is 29.0 Å². The third kappa shape index (κ3) is 5.98. The molecule has 2 heterocycles. The highest BCUT2D eigenvalue weighted by Gasteiger charge is 2.40. The Labute approximate surface area is 219 Å². The molecule has 2 aromatic carbocycles. The zero-order chi connectivity index (χ0) is 27.7. The lowest BCUT2D eigenvalue weighted by atomic mass is 9.94. The van der Waals surface area contributed by atoms with Crippen LogP contribution in [0.25, 0.3) is 10.9 Å². The number of urea groups is 1. The molecule has 0 radical (unpaired) electrons. The highest BCUT2D eigenvalue weighted by Crippen LogP contribution is 2.37. The number of imide groups is 1. The third-order valence-corrected chi connectivity index (χ3v) is 6.94. The molecule has 4 amide bonds. The Morgan fingerprint density at radius 3 is 2.55 bits per heavy atom. The Hall–Kier alpha value is -3.87. The zero-order valence-electron chi connectivity index (χ0n) is 20.4. The second-order valence-corrected chi connectivity index (χ2v) is 10.2. The molecule has 1 aromatic heterocycles. The van der Waals surface area contributed by atoms with Crippen molar-refractivity contribution in [3.05, 3.63) is 64.2 Å². The van der Waals surface area contributed by atoms with Crippen LogP contribution >= 0.6 is 11.8 Å². The van der Waals surface area contributed by atoms with Crippen LogP contribution in [0.3, 0.4) is 0 Å². The zero-order valence-corrected chi connectivity index (χ0v) is 21.3. The van der Waals surface area contributed by atoms with Gasteiger partial charge in [0, 0.05) is 23.5 Å². The van der Waals surface area contributed by atoms with Crippen molar-refractivity contribution in [3.63, 3.8) is 0 Å². The van der Waals surface area contributed by atoms with Crippen molar-refractivity contribution in [2.24, 2.45) is 0 Å². The number of carbonyl (C=O) groups excluding carboxylic acids is 3.